The van der Waals surface area contributed by atoms with Crippen molar-refractivity contribution >= 4 is 0 Å². The average molecular weight is 220 g/mol. The second-order valence-electron chi connectivity index (χ2n) is 3.71. The van der Waals surface area contributed by atoms with E-state index in [1.54, 1.807) is 6.26 Å². The summed E-state index contributed by atoms with van der Waals surface area (Å²) < 4.78 is 4.90. The fourth-order valence-electron chi connectivity index (χ4n) is 1.85. The Hall–Kier alpha value is -2.35. The van der Waals surface area contributed by atoms with Crippen molar-refractivity contribution in [3.05, 3.63) is 66.9 Å². The van der Waals surface area contributed by atoms with E-state index in [-0.39, 0.29) is 0 Å². The highest BCUT2D eigenvalue weighted by molar-refractivity contribution is 5.81. The van der Waals surface area contributed by atoms with Crippen molar-refractivity contribution in [2.24, 2.45) is 0 Å². The van der Waals surface area contributed by atoms with E-state index in [1.807, 2.05) is 48.5 Å². The highest BCUT2D eigenvalue weighted by Gasteiger charge is 2.08. The van der Waals surface area contributed by atoms with Gasteiger partial charge in [0.1, 0.15) is 12.0 Å². The van der Waals surface area contributed by atoms with Gasteiger partial charge in [0.2, 0.25) is 0 Å². The highest BCUT2D eigenvalue weighted by Crippen LogP contribution is 2.30. The summed E-state index contributed by atoms with van der Waals surface area (Å²) in [5.41, 5.74) is 4.08. The van der Waals surface area contributed by atoms with Crippen molar-refractivity contribution in [2.45, 2.75) is 0 Å². The Morgan fingerprint density at radius 1 is 0.882 bits per heavy atom. The van der Waals surface area contributed by atoms with Crippen molar-refractivity contribution in [1.29, 1.82) is 0 Å². The molecule has 0 aliphatic carbocycles. The fraction of sp³-hybridized carbons (Fsp3) is 0. The third-order valence-corrected chi connectivity index (χ3v) is 2.64. The summed E-state index contributed by atoms with van der Waals surface area (Å²) in [5, 5.41) is 3.98. The maximum absolute atomic E-state index is 4.90. The molecular formula is C15H10NO. The molecule has 2 heteroatoms. The van der Waals surface area contributed by atoms with E-state index in [0.717, 1.165) is 22.4 Å². The van der Waals surface area contributed by atoms with Gasteiger partial charge in [-0.3, -0.25) is 0 Å². The molecule has 17 heavy (non-hydrogen) atoms. The van der Waals surface area contributed by atoms with Crippen LogP contribution < -0.4 is 0 Å². The lowest BCUT2D eigenvalue weighted by Gasteiger charge is -2.06. The summed E-state index contributed by atoms with van der Waals surface area (Å²) in [6.45, 7) is 0. The van der Waals surface area contributed by atoms with E-state index < -0.39 is 0 Å². The van der Waals surface area contributed by atoms with Gasteiger partial charge in [0, 0.05) is 11.6 Å². The van der Waals surface area contributed by atoms with Crippen LogP contribution in [-0.4, -0.2) is 5.16 Å². The number of hydrogen-bond donors (Lipinski definition) is 0. The van der Waals surface area contributed by atoms with Crippen molar-refractivity contribution in [3.63, 3.8) is 0 Å². The minimum absolute atomic E-state index is 0.845. The molecule has 81 valence electrons. The Balaban J connectivity index is 2.18. The molecular weight excluding hydrogens is 210 g/mol. The Kier molecular flexibility index (Phi) is 2.47. The molecule has 0 saturated carbocycles. The number of nitrogens with zero attached hydrogens (tertiary/aromatic N) is 1. The largest absolute Gasteiger partial charge is 0.364 e. The summed E-state index contributed by atoms with van der Waals surface area (Å²) >= 11 is 0. The van der Waals surface area contributed by atoms with Gasteiger partial charge >= 0.3 is 0 Å². The zero-order valence-electron chi connectivity index (χ0n) is 9.13. The second kappa shape index (κ2) is 4.26. The lowest BCUT2D eigenvalue weighted by atomic mass is 9.98. The van der Waals surface area contributed by atoms with Gasteiger partial charge < -0.3 is 4.52 Å². The van der Waals surface area contributed by atoms with Crippen LogP contribution in [0, 0.1) is 6.07 Å². The molecule has 0 spiro atoms. The Bertz CT molecular complexity index is 600. The van der Waals surface area contributed by atoms with Crippen molar-refractivity contribution in [2.75, 3.05) is 0 Å². The lowest BCUT2D eigenvalue weighted by molar-refractivity contribution is 0.422. The Morgan fingerprint density at radius 3 is 2.41 bits per heavy atom. The molecule has 0 bridgehead atoms. The molecule has 0 atom stereocenters. The van der Waals surface area contributed by atoms with Crippen LogP contribution in [0.3, 0.4) is 0 Å². The van der Waals surface area contributed by atoms with Gasteiger partial charge in [-0.15, -0.1) is 0 Å². The van der Waals surface area contributed by atoms with Crippen LogP contribution in [-0.2, 0) is 0 Å². The molecule has 3 rings (SSSR count). The first-order chi connectivity index (χ1) is 8.45. The van der Waals surface area contributed by atoms with Gasteiger partial charge in [0.25, 0.3) is 0 Å². The van der Waals surface area contributed by atoms with Gasteiger partial charge in [-0.2, -0.15) is 0 Å². The SMILES string of the molecule is [c]1ccccc1-c1ccccc1-c1ccon1. The Labute approximate surface area is 99.5 Å². The van der Waals surface area contributed by atoms with Gasteiger partial charge in [0.15, 0.2) is 0 Å². The van der Waals surface area contributed by atoms with E-state index in [9.17, 15) is 0 Å². The third-order valence-electron chi connectivity index (χ3n) is 2.64. The molecule has 0 N–H and O–H groups in total. The summed E-state index contributed by atoms with van der Waals surface area (Å²) in [7, 11) is 0. The predicted octanol–water partition coefficient (Wildman–Crippen LogP) is 3.81. The molecule has 2 nitrogen and oxygen atoms in total. The van der Waals surface area contributed by atoms with Crippen LogP contribution in [0.25, 0.3) is 22.4 Å². The van der Waals surface area contributed by atoms with E-state index >= 15 is 0 Å². The third kappa shape index (κ3) is 1.85. The molecule has 0 amide bonds. The number of rotatable bonds is 2. The fourth-order valence-corrected chi connectivity index (χ4v) is 1.85. The van der Waals surface area contributed by atoms with E-state index in [2.05, 4.69) is 17.3 Å². The maximum atomic E-state index is 4.90. The topological polar surface area (TPSA) is 26.0 Å². The molecule has 1 aromatic heterocycles. The molecule has 0 saturated heterocycles. The number of benzene rings is 2. The molecule has 1 heterocycles. The standard InChI is InChI=1S/C15H10NO/c1-2-6-12(7-3-1)13-8-4-5-9-14(13)15-10-11-17-16-15/h1-6,8-11H. The van der Waals surface area contributed by atoms with E-state index in [4.69, 9.17) is 4.52 Å². The zero-order valence-corrected chi connectivity index (χ0v) is 9.13. The first-order valence-electron chi connectivity index (χ1n) is 5.42. The zero-order chi connectivity index (χ0) is 11.5. The average Bonchev–Trinajstić information content (AvgIpc) is 2.94. The summed E-state index contributed by atoms with van der Waals surface area (Å²) in [5.74, 6) is 0. The summed E-state index contributed by atoms with van der Waals surface area (Å²) in [6.07, 6.45) is 1.58. The van der Waals surface area contributed by atoms with Crippen LogP contribution in [0.4, 0.5) is 0 Å². The van der Waals surface area contributed by atoms with Crippen molar-refractivity contribution < 1.29 is 4.52 Å². The van der Waals surface area contributed by atoms with Crippen LogP contribution in [0.2, 0.25) is 0 Å². The highest BCUT2D eigenvalue weighted by atomic mass is 16.5. The normalized spacial score (nSPS) is 10.4. The molecule has 3 aromatic rings. The summed E-state index contributed by atoms with van der Waals surface area (Å²) in [6, 6.07) is 21.1. The monoisotopic (exact) mass is 220 g/mol. The van der Waals surface area contributed by atoms with Crippen molar-refractivity contribution in [1.82, 2.24) is 5.16 Å². The van der Waals surface area contributed by atoms with E-state index in [0.29, 0.717) is 0 Å². The summed E-state index contributed by atoms with van der Waals surface area (Å²) in [4.78, 5) is 0. The Morgan fingerprint density at radius 2 is 1.71 bits per heavy atom. The van der Waals surface area contributed by atoms with Gasteiger partial charge in [-0.25, -0.2) is 0 Å². The first-order valence-corrected chi connectivity index (χ1v) is 5.42. The lowest BCUT2D eigenvalue weighted by Crippen LogP contribution is -1.84. The molecule has 0 aliphatic heterocycles. The maximum Gasteiger partial charge on any atom is 0.124 e. The number of hydrogen-bond acceptors (Lipinski definition) is 2. The minimum Gasteiger partial charge on any atom is -0.364 e. The van der Waals surface area contributed by atoms with Gasteiger partial charge in [-0.1, -0.05) is 53.7 Å². The molecule has 2 aromatic carbocycles. The molecule has 0 unspecified atom stereocenters. The predicted molar refractivity (Wildman–Crippen MR) is 66.2 cm³/mol. The smallest absolute Gasteiger partial charge is 0.124 e. The van der Waals surface area contributed by atoms with Crippen LogP contribution in [0.1, 0.15) is 0 Å². The number of aromatic nitrogens is 1. The molecule has 0 fully saturated rings. The quantitative estimate of drug-likeness (QED) is 0.656. The van der Waals surface area contributed by atoms with Crippen LogP contribution >= 0.6 is 0 Å². The van der Waals surface area contributed by atoms with Gasteiger partial charge in [0.05, 0.1) is 0 Å². The molecule has 1 radical (unpaired) electrons. The van der Waals surface area contributed by atoms with Crippen molar-refractivity contribution in [3.8, 4) is 22.4 Å². The van der Waals surface area contributed by atoms with Crippen LogP contribution in [0.5, 0.6) is 0 Å². The first kappa shape index (κ1) is 9.85. The second-order valence-corrected chi connectivity index (χ2v) is 3.71. The molecule has 0 aliphatic rings. The van der Waals surface area contributed by atoms with E-state index in [1.165, 1.54) is 0 Å². The van der Waals surface area contributed by atoms with Gasteiger partial charge in [-0.05, 0) is 17.2 Å². The minimum atomic E-state index is 0.845. The van der Waals surface area contributed by atoms with Crippen LogP contribution in [0.15, 0.2) is 65.4 Å².